The minimum absolute atomic E-state index is 0.0500. The highest BCUT2D eigenvalue weighted by Gasteiger charge is 2.47. The van der Waals surface area contributed by atoms with Crippen LogP contribution in [0.2, 0.25) is 0 Å². The van der Waals surface area contributed by atoms with Crippen molar-refractivity contribution in [3.8, 4) is 17.2 Å². The number of methoxy groups -OCH3 is 3. The van der Waals surface area contributed by atoms with Crippen molar-refractivity contribution in [1.82, 2.24) is 4.98 Å². The van der Waals surface area contributed by atoms with Gasteiger partial charge in [0.1, 0.15) is 5.76 Å². The Kier molecular flexibility index (Phi) is 6.23. The third-order valence-corrected chi connectivity index (χ3v) is 5.71. The van der Waals surface area contributed by atoms with Gasteiger partial charge in [-0.3, -0.25) is 19.5 Å². The van der Waals surface area contributed by atoms with Crippen LogP contribution in [0.15, 0.2) is 66.5 Å². The van der Waals surface area contributed by atoms with Gasteiger partial charge in [0, 0.05) is 23.6 Å². The van der Waals surface area contributed by atoms with E-state index in [1.165, 1.54) is 38.6 Å². The third kappa shape index (κ3) is 3.83. The molecule has 1 aromatic heterocycles. The number of aliphatic hydroxyl groups is 1. The molecule has 2 heterocycles. The molecule has 1 aliphatic heterocycles. The Morgan fingerprint density at radius 3 is 2.03 bits per heavy atom. The second kappa shape index (κ2) is 9.27. The molecule has 1 saturated heterocycles. The van der Waals surface area contributed by atoms with Crippen molar-refractivity contribution in [2.24, 2.45) is 0 Å². The molecule has 0 saturated carbocycles. The number of aromatic nitrogens is 1. The van der Waals surface area contributed by atoms with E-state index < -0.39 is 17.7 Å². The maximum atomic E-state index is 13.3. The number of ketones is 1. The predicted octanol–water partition coefficient (Wildman–Crippen LogP) is 4.04. The van der Waals surface area contributed by atoms with Crippen molar-refractivity contribution in [3.63, 3.8) is 0 Å². The van der Waals surface area contributed by atoms with E-state index >= 15 is 0 Å². The van der Waals surface area contributed by atoms with Gasteiger partial charge in [0.05, 0.1) is 32.9 Å². The number of hydrogen-bond donors (Lipinski definition) is 1. The van der Waals surface area contributed by atoms with Crippen molar-refractivity contribution in [3.05, 3.63) is 83.2 Å². The molecule has 174 valence electrons. The molecule has 8 heteroatoms. The molecule has 34 heavy (non-hydrogen) atoms. The third-order valence-electron chi connectivity index (χ3n) is 5.71. The fraction of sp³-hybridized carbons (Fsp3) is 0.192. The average Bonchev–Trinajstić information content (AvgIpc) is 3.13. The molecular weight excluding hydrogens is 436 g/mol. The largest absolute Gasteiger partial charge is 0.507 e. The van der Waals surface area contributed by atoms with Crippen LogP contribution >= 0.6 is 0 Å². The number of aliphatic hydroxyl groups excluding tert-OH is 1. The first kappa shape index (κ1) is 22.8. The molecule has 8 nitrogen and oxygen atoms in total. The number of carbonyl (C=O) groups is 2. The Bertz CT molecular complexity index is 1240. The fourth-order valence-corrected chi connectivity index (χ4v) is 4.04. The summed E-state index contributed by atoms with van der Waals surface area (Å²) in [6, 6.07) is 12.8. The summed E-state index contributed by atoms with van der Waals surface area (Å²) in [5.74, 6) is -0.762. The monoisotopic (exact) mass is 460 g/mol. The van der Waals surface area contributed by atoms with E-state index in [1.807, 2.05) is 19.1 Å². The van der Waals surface area contributed by atoms with Gasteiger partial charge in [0.2, 0.25) is 5.75 Å². The number of aryl methyl sites for hydroxylation is 1. The van der Waals surface area contributed by atoms with Crippen LogP contribution in [0.25, 0.3) is 5.76 Å². The number of nitrogens with zero attached hydrogens (tertiary/aromatic N) is 2. The van der Waals surface area contributed by atoms with E-state index in [4.69, 9.17) is 14.2 Å². The molecule has 1 unspecified atom stereocenters. The number of benzene rings is 2. The summed E-state index contributed by atoms with van der Waals surface area (Å²) in [4.78, 5) is 31.9. The standard InChI is InChI=1S/C26H24N2O6/c1-15-5-7-18(8-6-15)28-22(17-13-19(32-2)25(34-4)20(14-17)33-3)21(24(30)26(28)31)23(29)16-9-11-27-12-10-16/h5-14,22,29H,1-4H3/b23-21+. The molecule has 2 aromatic carbocycles. The molecule has 1 fully saturated rings. The molecule has 3 aromatic rings. The number of Topliss-reactive ketones (excluding diaryl/α,β-unsaturated/α-hetero) is 1. The summed E-state index contributed by atoms with van der Waals surface area (Å²) in [5, 5.41) is 11.2. The summed E-state index contributed by atoms with van der Waals surface area (Å²) in [5.41, 5.74) is 2.34. The topological polar surface area (TPSA) is 98.2 Å². The highest BCUT2D eigenvalue weighted by atomic mass is 16.5. The molecule has 1 amide bonds. The normalized spacial score (nSPS) is 17.1. The molecule has 0 radical (unpaired) electrons. The summed E-state index contributed by atoms with van der Waals surface area (Å²) in [6.07, 6.45) is 3.00. The lowest BCUT2D eigenvalue weighted by Crippen LogP contribution is -2.29. The maximum absolute atomic E-state index is 13.3. The highest BCUT2D eigenvalue weighted by molar-refractivity contribution is 6.51. The van der Waals surface area contributed by atoms with Crippen LogP contribution in [0, 0.1) is 6.92 Å². The Labute approximate surface area is 197 Å². The summed E-state index contributed by atoms with van der Waals surface area (Å²) in [6.45, 7) is 1.93. The van der Waals surface area contributed by atoms with Crippen LogP contribution in [-0.2, 0) is 9.59 Å². The number of amides is 1. The SMILES string of the molecule is COc1cc(C2/C(=C(\O)c3ccncc3)C(=O)C(=O)N2c2ccc(C)cc2)cc(OC)c1OC. The Balaban J connectivity index is 2.01. The second-order valence-electron chi connectivity index (χ2n) is 7.70. The van der Waals surface area contributed by atoms with E-state index in [0.29, 0.717) is 34.1 Å². The van der Waals surface area contributed by atoms with Crippen molar-refractivity contribution < 1.29 is 28.9 Å². The van der Waals surface area contributed by atoms with E-state index in [0.717, 1.165) is 5.56 Å². The van der Waals surface area contributed by atoms with Crippen LogP contribution in [0.4, 0.5) is 5.69 Å². The quantitative estimate of drug-likeness (QED) is 0.337. The van der Waals surface area contributed by atoms with Crippen molar-refractivity contribution in [1.29, 1.82) is 0 Å². The zero-order valence-electron chi connectivity index (χ0n) is 19.2. The number of ether oxygens (including phenoxy) is 3. The first-order valence-corrected chi connectivity index (χ1v) is 10.5. The van der Waals surface area contributed by atoms with Gasteiger partial charge in [-0.2, -0.15) is 0 Å². The van der Waals surface area contributed by atoms with E-state index in [1.54, 1.807) is 36.4 Å². The van der Waals surface area contributed by atoms with Gasteiger partial charge < -0.3 is 19.3 Å². The molecule has 0 aliphatic carbocycles. The fourth-order valence-electron chi connectivity index (χ4n) is 4.04. The zero-order chi connectivity index (χ0) is 24.4. The average molecular weight is 460 g/mol. The minimum Gasteiger partial charge on any atom is -0.507 e. The van der Waals surface area contributed by atoms with Crippen LogP contribution in [0.5, 0.6) is 17.2 Å². The first-order chi connectivity index (χ1) is 16.4. The summed E-state index contributed by atoms with van der Waals surface area (Å²) in [7, 11) is 4.45. The Morgan fingerprint density at radius 2 is 1.50 bits per heavy atom. The van der Waals surface area contributed by atoms with Crippen molar-refractivity contribution in [2.45, 2.75) is 13.0 Å². The van der Waals surface area contributed by atoms with Gasteiger partial charge in [-0.25, -0.2) is 0 Å². The maximum Gasteiger partial charge on any atom is 0.300 e. The summed E-state index contributed by atoms with van der Waals surface area (Å²) >= 11 is 0. The van der Waals surface area contributed by atoms with Crippen molar-refractivity contribution >= 4 is 23.1 Å². The Morgan fingerprint density at radius 1 is 0.912 bits per heavy atom. The molecule has 4 rings (SSSR count). The lowest BCUT2D eigenvalue weighted by atomic mass is 9.94. The highest BCUT2D eigenvalue weighted by Crippen LogP contribution is 2.47. The first-order valence-electron chi connectivity index (χ1n) is 10.5. The van der Waals surface area contributed by atoms with Crippen LogP contribution in [0.1, 0.15) is 22.7 Å². The number of hydrogen-bond acceptors (Lipinski definition) is 7. The molecule has 0 bridgehead atoms. The van der Waals surface area contributed by atoms with Gasteiger partial charge in [-0.05, 0) is 48.9 Å². The van der Waals surface area contributed by atoms with Crippen molar-refractivity contribution in [2.75, 3.05) is 26.2 Å². The zero-order valence-corrected chi connectivity index (χ0v) is 19.2. The van der Waals surface area contributed by atoms with Gasteiger partial charge in [0.15, 0.2) is 11.5 Å². The number of anilines is 1. The van der Waals surface area contributed by atoms with Crippen LogP contribution in [-0.4, -0.2) is 43.1 Å². The lowest BCUT2D eigenvalue weighted by Gasteiger charge is -2.26. The smallest absolute Gasteiger partial charge is 0.300 e. The van der Waals surface area contributed by atoms with Gasteiger partial charge in [-0.15, -0.1) is 0 Å². The number of pyridine rings is 1. The lowest BCUT2D eigenvalue weighted by molar-refractivity contribution is -0.132. The van der Waals surface area contributed by atoms with E-state index in [9.17, 15) is 14.7 Å². The number of rotatable bonds is 6. The molecular formula is C26H24N2O6. The van der Waals surface area contributed by atoms with Crippen LogP contribution in [0.3, 0.4) is 0 Å². The van der Waals surface area contributed by atoms with Gasteiger partial charge in [-0.1, -0.05) is 17.7 Å². The minimum atomic E-state index is -0.940. The molecule has 1 atom stereocenters. The summed E-state index contributed by atoms with van der Waals surface area (Å²) < 4.78 is 16.4. The molecule has 1 aliphatic rings. The molecule has 1 N–H and O–H groups in total. The number of carbonyl (C=O) groups excluding carboxylic acids is 2. The second-order valence-corrected chi connectivity index (χ2v) is 7.70. The van der Waals surface area contributed by atoms with Gasteiger partial charge >= 0.3 is 0 Å². The molecule has 0 spiro atoms. The van der Waals surface area contributed by atoms with Crippen LogP contribution < -0.4 is 19.1 Å². The van der Waals surface area contributed by atoms with E-state index in [2.05, 4.69) is 4.98 Å². The Hall–Kier alpha value is -4.33. The predicted molar refractivity (Wildman–Crippen MR) is 126 cm³/mol. The van der Waals surface area contributed by atoms with Gasteiger partial charge in [0.25, 0.3) is 11.7 Å². The van der Waals surface area contributed by atoms with E-state index in [-0.39, 0.29) is 11.3 Å².